The molecule has 31 heavy (non-hydrogen) atoms. The number of nitrogens with zero attached hydrogens (tertiary/aromatic N) is 4. The summed E-state index contributed by atoms with van der Waals surface area (Å²) in [4.78, 5) is 31.8. The van der Waals surface area contributed by atoms with Gasteiger partial charge in [0, 0.05) is 0 Å². The summed E-state index contributed by atoms with van der Waals surface area (Å²) in [5, 5.41) is 14.1. The fourth-order valence-corrected chi connectivity index (χ4v) is 5.74. The second-order valence-electron chi connectivity index (χ2n) is 7.67. The van der Waals surface area contributed by atoms with Crippen molar-refractivity contribution in [3.05, 3.63) is 52.6 Å². The Kier molecular flexibility index (Phi) is 4.35. The zero-order valence-electron chi connectivity index (χ0n) is 15.9. The lowest BCUT2D eigenvalue weighted by Gasteiger charge is -2.30. The summed E-state index contributed by atoms with van der Waals surface area (Å²) in [5.74, 6) is 0.420. The van der Waals surface area contributed by atoms with Crippen LogP contribution in [-0.4, -0.2) is 54.0 Å². The van der Waals surface area contributed by atoms with E-state index in [-0.39, 0.29) is 29.4 Å². The van der Waals surface area contributed by atoms with Gasteiger partial charge in [0.1, 0.15) is 18.3 Å². The molecule has 2 aromatic heterocycles. The molecule has 11 nitrogen and oxygen atoms in total. The molecule has 3 N–H and O–H groups in total. The summed E-state index contributed by atoms with van der Waals surface area (Å²) in [6.07, 6.45) is -2.12. The molecule has 2 fully saturated rings. The van der Waals surface area contributed by atoms with Gasteiger partial charge in [-0.15, -0.1) is 0 Å². The molecule has 0 saturated carbocycles. The van der Waals surface area contributed by atoms with Crippen LogP contribution in [-0.2, 0) is 32.1 Å². The number of nitrogens with one attached hydrogen (secondary N) is 1. The molecular formula is C18H18N5O6PS. The lowest BCUT2D eigenvalue weighted by Crippen LogP contribution is -2.39. The van der Waals surface area contributed by atoms with Crippen molar-refractivity contribution < 1.29 is 23.8 Å². The first-order chi connectivity index (χ1) is 14.9. The summed E-state index contributed by atoms with van der Waals surface area (Å²) in [7, 11) is 0. The zero-order chi connectivity index (χ0) is 21.3. The highest BCUT2D eigenvalue weighted by Crippen LogP contribution is 2.52. The summed E-state index contributed by atoms with van der Waals surface area (Å²) >= 11 is 4.88. The lowest BCUT2D eigenvalue weighted by molar-refractivity contribution is -0.0593. The molecule has 6 rings (SSSR count). The van der Waals surface area contributed by atoms with Crippen molar-refractivity contribution in [3.8, 4) is 0 Å². The fraction of sp³-hybridized carbons (Fsp3) is 0.389. The van der Waals surface area contributed by atoms with Crippen molar-refractivity contribution in [2.24, 2.45) is 0 Å². The van der Waals surface area contributed by atoms with Crippen LogP contribution in [0.3, 0.4) is 0 Å². The van der Waals surface area contributed by atoms with Gasteiger partial charge >= 0.3 is 6.72 Å². The van der Waals surface area contributed by atoms with E-state index in [1.165, 1.54) is 10.9 Å². The van der Waals surface area contributed by atoms with Crippen LogP contribution in [0.4, 0.5) is 5.95 Å². The summed E-state index contributed by atoms with van der Waals surface area (Å²) in [6.45, 7) is -2.97. The molecule has 2 unspecified atom stereocenters. The maximum Gasteiger partial charge on any atom is 0.325 e. The largest absolute Gasteiger partial charge is 0.386 e. The molecule has 0 spiro atoms. The smallest absolute Gasteiger partial charge is 0.325 e. The predicted octanol–water partition coefficient (Wildman–Crippen LogP) is 0.650. The van der Waals surface area contributed by atoms with Crippen LogP contribution < -0.4 is 10.9 Å². The second kappa shape index (κ2) is 6.91. The van der Waals surface area contributed by atoms with Crippen LogP contribution in [0, 0.1) is 0 Å². The summed E-state index contributed by atoms with van der Waals surface area (Å²) in [5.41, 5.74) is 1.22. The van der Waals surface area contributed by atoms with Crippen LogP contribution in [0.5, 0.6) is 0 Å². The molecule has 0 bridgehead atoms. The molecule has 0 amide bonds. The van der Waals surface area contributed by atoms with Gasteiger partial charge in [-0.1, -0.05) is 30.3 Å². The Labute approximate surface area is 180 Å². The van der Waals surface area contributed by atoms with Crippen LogP contribution in [0.25, 0.3) is 11.2 Å². The van der Waals surface area contributed by atoms with E-state index in [1.54, 1.807) is 4.57 Å². The maximum atomic E-state index is 13.1. The Bertz CT molecular complexity index is 1280. The van der Waals surface area contributed by atoms with Crippen molar-refractivity contribution in [3.63, 3.8) is 0 Å². The Morgan fingerprint density at radius 1 is 1.29 bits per heavy atom. The average molecular weight is 463 g/mol. The number of benzene rings is 1. The number of imidazole rings is 1. The van der Waals surface area contributed by atoms with Gasteiger partial charge in [-0.25, -0.2) is 4.98 Å². The molecule has 2 saturated heterocycles. The first kappa shape index (κ1) is 19.5. The quantitative estimate of drug-likeness (QED) is 0.465. The van der Waals surface area contributed by atoms with Crippen LogP contribution in [0.1, 0.15) is 17.8 Å². The fourth-order valence-electron chi connectivity index (χ4n) is 4.29. The number of ether oxygens (including phenoxy) is 1. The van der Waals surface area contributed by atoms with Crippen molar-refractivity contribution in [1.29, 1.82) is 0 Å². The number of aliphatic hydroxyl groups is 1. The van der Waals surface area contributed by atoms with E-state index in [0.717, 1.165) is 5.56 Å². The van der Waals surface area contributed by atoms with Crippen molar-refractivity contribution in [2.45, 2.75) is 37.1 Å². The van der Waals surface area contributed by atoms with Gasteiger partial charge in [-0.2, -0.15) is 4.98 Å². The highest BCUT2D eigenvalue weighted by atomic mass is 32.5. The molecule has 3 aromatic rings. The maximum absolute atomic E-state index is 13.1. The van der Waals surface area contributed by atoms with Crippen molar-refractivity contribution >= 4 is 35.6 Å². The first-order valence-corrected chi connectivity index (χ1v) is 12.3. The minimum atomic E-state index is -3.41. The molecule has 5 heterocycles. The van der Waals surface area contributed by atoms with Gasteiger partial charge in [-0.05, 0) is 17.4 Å². The number of hydrogen-bond acceptors (Lipinski definition) is 9. The Balaban J connectivity index is 1.36. The zero-order valence-corrected chi connectivity index (χ0v) is 17.6. The van der Waals surface area contributed by atoms with E-state index < -0.39 is 31.3 Å². The molecule has 0 radical (unpaired) electrons. The van der Waals surface area contributed by atoms with Crippen LogP contribution in [0.2, 0.25) is 0 Å². The third kappa shape index (κ3) is 3.06. The molecule has 6 atom stereocenters. The molecule has 1 aromatic carbocycles. The Morgan fingerprint density at radius 2 is 2.10 bits per heavy atom. The molecule has 3 aliphatic heterocycles. The number of fused-ring (bicyclic) bond motifs is 3. The van der Waals surface area contributed by atoms with Gasteiger partial charge in [-0.3, -0.25) is 18.5 Å². The van der Waals surface area contributed by atoms with Gasteiger partial charge in [0.05, 0.1) is 25.5 Å². The number of aliphatic hydroxyl groups excluding tert-OH is 1. The van der Waals surface area contributed by atoms with Gasteiger partial charge in [0.2, 0.25) is 5.95 Å². The van der Waals surface area contributed by atoms with Crippen LogP contribution >= 0.6 is 6.72 Å². The molecule has 3 aliphatic rings. The highest BCUT2D eigenvalue weighted by molar-refractivity contribution is 8.07. The minimum absolute atomic E-state index is 0.00439. The monoisotopic (exact) mass is 463 g/mol. The van der Waals surface area contributed by atoms with E-state index in [2.05, 4.69) is 15.3 Å². The molecule has 162 valence electrons. The number of rotatable bonds is 2. The highest BCUT2D eigenvalue weighted by Gasteiger charge is 2.51. The van der Waals surface area contributed by atoms with Gasteiger partial charge < -0.3 is 24.6 Å². The molecular weight excluding hydrogens is 445 g/mol. The second-order valence-corrected chi connectivity index (χ2v) is 10.5. The predicted molar refractivity (Wildman–Crippen MR) is 112 cm³/mol. The van der Waals surface area contributed by atoms with Crippen LogP contribution in [0.15, 0.2) is 41.5 Å². The normalized spacial score (nSPS) is 34.5. The number of hydrogen-bond donors (Lipinski definition) is 3. The van der Waals surface area contributed by atoms with Crippen molar-refractivity contribution in [1.82, 2.24) is 19.1 Å². The first-order valence-electron chi connectivity index (χ1n) is 9.69. The standard InChI is InChI=1S/C18H18N5O6PS/c24-13-14-11(7-27-30(26,31)29-14)28-17(13)23-8-19-12-15(23)21-18-20-10(6-22(18)16(12)25)9-4-2-1-3-5-9/h1-5,8,10-11,13-14,17,24H,6-7H2,(H,20,21)(H,26,31)/t10?,11-,13-,14-,17-,30?/m1/s1. The topological polar surface area (TPSA) is 133 Å². The summed E-state index contributed by atoms with van der Waals surface area (Å²) in [6, 6.07) is 9.71. The third-order valence-corrected chi connectivity index (χ3v) is 7.35. The molecule has 13 heteroatoms. The number of anilines is 1. The Morgan fingerprint density at radius 3 is 2.90 bits per heavy atom. The molecule has 0 aliphatic carbocycles. The van der Waals surface area contributed by atoms with E-state index in [9.17, 15) is 14.8 Å². The lowest BCUT2D eigenvalue weighted by atomic mass is 10.1. The average Bonchev–Trinajstić information content (AvgIpc) is 3.45. The SMILES string of the molecule is O=c1c2ncn([C@@H]3O[C@@H]4COP(O)(=S)O[C@H]4[C@H]3O)c2nc2n1CC(c1ccccc1)N2. The Hall–Kier alpha value is -2.18. The number of aromatic nitrogens is 4. The van der Waals surface area contributed by atoms with E-state index in [0.29, 0.717) is 12.5 Å². The van der Waals surface area contributed by atoms with Crippen molar-refractivity contribution in [2.75, 3.05) is 11.9 Å². The third-order valence-electron chi connectivity index (χ3n) is 5.79. The van der Waals surface area contributed by atoms with E-state index >= 15 is 0 Å². The van der Waals surface area contributed by atoms with Gasteiger partial charge in [0.15, 0.2) is 17.4 Å². The minimum Gasteiger partial charge on any atom is -0.386 e. The van der Waals surface area contributed by atoms with Gasteiger partial charge in [0.25, 0.3) is 5.56 Å². The van der Waals surface area contributed by atoms with E-state index in [1.807, 2.05) is 30.3 Å². The van der Waals surface area contributed by atoms with E-state index in [4.69, 9.17) is 25.6 Å². The summed E-state index contributed by atoms with van der Waals surface area (Å²) < 4.78 is 19.4.